The minimum atomic E-state index is -0.508. The number of carbonyl (C=O) groups excluding carboxylic acids is 1. The number of nitro groups is 1. The predicted octanol–water partition coefficient (Wildman–Crippen LogP) is 3.48. The molecule has 0 unspecified atom stereocenters. The Morgan fingerprint density at radius 1 is 1.18 bits per heavy atom. The number of anilines is 1. The van der Waals surface area contributed by atoms with Gasteiger partial charge in [-0.3, -0.25) is 29.2 Å². The van der Waals surface area contributed by atoms with Gasteiger partial charge in [-0.1, -0.05) is 6.07 Å². The third-order valence-electron chi connectivity index (χ3n) is 6.36. The van der Waals surface area contributed by atoms with Crippen molar-refractivity contribution in [2.24, 2.45) is 0 Å². The van der Waals surface area contributed by atoms with Crippen LogP contribution in [0.3, 0.4) is 0 Å². The molecule has 1 aromatic carbocycles. The van der Waals surface area contributed by atoms with E-state index in [9.17, 15) is 19.7 Å². The van der Waals surface area contributed by atoms with Crippen molar-refractivity contribution in [1.82, 2.24) is 14.5 Å². The highest BCUT2D eigenvalue weighted by Gasteiger charge is 2.24. The highest BCUT2D eigenvalue weighted by molar-refractivity contribution is 7.18. The van der Waals surface area contributed by atoms with Gasteiger partial charge >= 0.3 is 0 Å². The minimum absolute atomic E-state index is 0.104. The van der Waals surface area contributed by atoms with Crippen LogP contribution in [0.25, 0.3) is 10.2 Å². The number of likely N-dealkylation sites (tertiary alicyclic amines) is 1. The van der Waals surface area contributed by atoms with Crippen LogP contribution in [0.1, 0.15) is 41.9 Å². The van der Waals surface area contributed by atoms with Crippen molar-refractivity contribution in [1.29, 1.82) is 0 Å². The lowest BCUT2D eigenvalue weighted by Gasteiger charge is -2.18. The van der Waals surface area contributed by atoms with E-state index in [-0.39, 0.29) is 17.8 Å². The molecule has 1 aliphatic carbocycles. The molecule has 1 saturated heterocycles. The molecule has 1 fully saturated rings. The number of hydrogen-bond donors (Lipinski definition) is 1. The molecule has 3 aromatic rings. The molecule has 9 nitrogen and oxygen atoms in total. The van der Waals surface area contributed by atoms with E-state index in [1.54, 1.807) is 17.4 Å². The van der Waals surface area contributed by atoms with Crippen LogP contribution in [0.2, 0.25) is 0 Å². The second-order valence-electron chi connectivity index (χ2n) is 8.65. The summed E-state index contributed by atoms with van der Waals surface area (Å²) in [6.45, 7) is 2.25. The molecule has 10 heteroatoms. The lowest BCUT2D eigenvalue weighted by molar-refractivity contribution is -0.384. The Kier molecular flexibility index (Phi) is 5.94. The number of hydrogen-bond acceptors (Lipinski definition) is 7. The van der Waals surface area contributed by atoms with Gasteiger partial charge in [-0.25, -0.2) is 4.98 Å². The zero-order chi connectivity index (χ0) is 22.9. The van der Waals surface area contributed by atoms with Crippen molar-refractivity contribution in [3.05, 3.63) is 61.0 Å². The minimum Gasteiger partial charge on any atom is -0.324 e. The number of rotatable bonds is 6. The molecule has 0 atom stereocenters. The Morgan fingerprint density at radius 3 is 2.76 bits per heavy atom. The quantitative estimate of drug-likeness (QED) is 0.439. The number of fused-ring (bicyclic) bond motifs is 3. The Morgan fingerprint density at radius 2 is 1.97 bits per heavy atom. The van der Waals surface area contributed by atoms with Gasteiger partial charge in [-0.15, -0.1) is 11.3 Å². The number of aryl methyl sites for hydroxylation is 2. The van der Waals surface area contributed by atoms with Crippen molar-refractivity contribution in [3.63, 3.8) is 0 Å². The summed E-state index contributed by atoms with van der Waals surface area (Å²) in [5.74, 6) is 0.188. The van der Waals surface area contributed by atoms with E-state index in [1.165, 1.54) is 27.6 Å². The topological polar surface area (TPSA) is 110 Å². The predicted molar refractivity (Wildman–Crippen MR) is 127 cm³/mol. The number of aromatic nitrogens is 2. The molecule has 1 N–H and O–H groups in total. The van der Waals surface area contributed by atoms with Crippen LogP contribution in [0.4, 0.5) is 11.4 Å². The molecule has 5 rings (SSSR count). The van der Waals surface area contributed by atoms with E-state index in [4.69, 9.17) is 4.98 Å². The smallest absolute Gasteiger partial charge is 0.271 e. The van der Waals surface area contributed by atoms with Gasteiger partial charge < -0.3 is 5.32 Å². The number of nitrogens with zero attached hydrogens (tertiary/aromatic N) is 4. The monoisotopic (exact) mass is 467 g/mol. The van der Waals surface area contributed by atoms with Crippen LogP contribution in [-0.4, -0.2) is 38.4 Å². The number of thiophene rings is 1. The second kappa shape index (κ2) is 9.03. The molecule has 0 bridgehead atoms. The molecule has 3 heterocycles. The first-order valence-electron chi connectivity index (χ1n) is 11.3. The molecule has 0 spiro atoms. The summed E-state index contributed by atoms with van der Waals surface area (Å²) < 4.78 is 1.49. The van der Waals surface area contributed by atoms with E-state index in [0.717, 1.165) is 62.0 Å². The first kappa shape index (κ1) is 21.7. The Balaban J connectivity index is 1.50. The van der Waals surface area contributed by atoms with Crippen molar-refractivity contribution >= 4 is 38.8 Å². The van der Waals surface area contributed by atoms with Gasteiger partial charge in [-0.2, -0.15) is 0 Å². The highest BCUT2D eigenvalue weighted by Crippen LogP contribution is 2.34. The molecule has 2 aromatic heterocycles. The molecular formula is C23H25N5O4S. The van der Waals surface area contributed by atoms with Crippen LogP contribution in [0, 0.1) is 10.1 Å². The fraction of sp³-hybridized carbons (Fsp3) is 0.435. The third kappa shape index (κ3) is 4.40. The lowest BCUT2D eigenvalue weighted by atomic mass is 9.97. The van der Waals surface area contributed by atoms with E-state index in [0.29, 0.717) is 23.4 Å². The number of nitro benzene ring substituents is 1. The van der Waals surface area contributed by atoms with Gasteiger partial charge in [0, 0.05) is 22.7 Å². The van der Waals surface area contributed by atoms with Crippen LogP contribution in [0.5, 0.6) is 0 Å². The first-order valence-corrected chi connectivity index (χ1v) is 12.1. The zero-order valence-corrected chi connectivity index (χ0v) is 19.0. The molecule has 0 saturated carbocycles. The Labute approximate surface area is 194 Å². The summed E-state index contributed by atoms with van der Waals surface area (Å²) in [4.78, 5) is 46.2. The van der Waals surface area contributed by atoms with Gasteiger partial charge in [-0.05, 0) is 63.2 Å². The fourth-order valence-corrected chi connectivity index (χ4v) is 6.02. The van der Waals surface area contributed by atoms with Gasteiger partial charge in [0.05, 0.1) is 16.9 Å². The Hall–Kier alpha value is -3.11. The summed E-state index contributed by atoms with van der Waals surface area (Å²) in [5.41, 5.74) is 1.15. The first-order chi connectivity index (χ1) is 16.0. The van der Waals surface area contributed by atoms with Gasteiger partial charge in [0.2, 0.25) is 5.91 Å². The number of amides is 1. The van der Waals surface area contributed by atoms with Crippen molar-refractivity contribution in [2.75, 3.05) is 18.4 Å². The average molecular weight is 468 g/mol. The maximum absolute atomic E-state index is 13.6. The van der Waals surface area contributed by atoms with Crippen LogP contribution in [0.15, 0.2) is 29.1 Å². The van der Waals surface area contributed by atoms with Crippen molar-refractivity contribution in [3.8, 4) is 0 Å². The molecular weight excluding hydrogens is 442 g/mol. The van der Waals surface area contributed by atoms with Crippen LogP contribution >= 0.6 is 11.3 Å². The summed E-state index contributed by atoms with van der Waals surface area (Å²) in [5, 5.41) is 14.4. The Bertz CT molecular complexity index is 1290. The molecule has 1 aliphatic heterocycles. The lowest BCUT2D eigenvalue weighted by Crippen LogP contribution is -2.33. The van der Waals surface area contributed by atoms with E-state index < -0.39 is 10.8 Å². The third-order valence-corrected chi connectivity index (χ3v) is 7.55. The van der Waals surface area contributed by atoms with E-state index in [2.05, 4.69) is 10.2 Å². The maximum atomic E-state index is 13.6. The number of benzene rings is 1. The molecule has 33 heavy (non-hydrogen) atoms. The van der Waals surface area contributed by atoms with Gasteiger partial charge in [0.15, 0.2) is 0 Å². The second-order valence-corrected chi connectivity index (χ2v) is 9.73. The fourth-order valence-electron chi connectivity index (χ4n) is 4.75. The summed E-state index contributed by atoms with van der Waals surface area (Å²) in [6.07, 6.45) is 6.27. The summed E-state index contributed by atoms with van der Waals surface area (Å²) in [7, 11) is 0. The number of carbonyl (C=O) groups is 1. The standard InChI is InChI=1S/C23H25N5O4S/c29-20(24-15-6-5-7-16(12-15)28(31)32)14-27-19(13-26-10-3-4-11-26)25-22-21(23(27)30)17-8-1-2-9-18(17)33-22/h5-7,12H,1-4,8-11,13-14H2,(H,24,29). The summed E-state index contributed by atoms with van der Waals surface area (Å²) in [6, 6.07) is 5.79. The molecule has 0 radical (unpaired) electrons. The maximum Gasteiger partial charge on any atom is 0.271 e. The molecule has 1 amide bonds. The van der Waals surface area contributed by atoms with Crippen molar-refractivity contribution in [2.45, 2.75) is 51.6 Å². The SMILES string of the molecule is O=C(Cn1c(CN2CCCC2)nc2sc3c(c2c1=O)CCCC3)Nc1cccc([N+](=O)[O-])c1. The van der Waals surface area contributed by atoms with Crippen molar-refractivity contribution < 1.29 is 9.72 Å². The largest absolute Gasteiger partial charge is 0.324 e. The highest BCUT2D eigenvalue weighted by atomic mass is 32.1. The summed E-state index contributed by atoms with van der Waals surface area (Å²) >= 11 is 1.61. The van der Waals surface area contributed by atoms with Crippen LogP contribution < -0.4 is 10.9 Å². The van der Waals surface area contributed by atoms with Gasteiger partial charge in [0.1, 0.15) is 17.2 Å². The van der Waals surface area contributed by atoms with E-state index >= 15 is 0 Å². The van der Waals surface area contributed by atoms with Crippen LogP contribution in [-0.2, 0) is 30.7 Å². The molecule has 172 valence electrons. The number of nitrogens with one attached hydrogen (secondary N) is 1. The number of non-ortho nitro benzene ring substituents is 1. The normalized spacial score (nSPS) is 16.1. The molecule has 2 aliphatic rings. The average Bonchev–Trinajstić information content (AvgIpc) is 3.44. The van der Waals surface area contributed by atoms with E-state index in [1.807, 2.05) is 0 Å². The zero-order valence-electron chi connectivity index (χ0n) is 18.2. The van der Waals surface area contributed by atoms with Gasteiger partial charge in [0.25, 0.3) is 11.2 Å².